The lowest BCUT2D eigenvalue weighted by atomic mass is 9.84. The number of alkyl halides is 1. The summed E-state index contributed by atoms with van der Waals surface area (Å²) in [6.45, 7) is 2.34. The molecule has 1 aromatic carbocycles. The van der Waals surface area contributed by atoms with Crippen LogP contribution in [0.2, 0.25) is 5.02 Å². The summed E-state index contributed by atoms with van der Waals surface area (Å²) in [5.41, 5.74) is 2.18. The number of imidazole rings is 1. The molecule has 1 aliphatic rings. The molecule has 3 rings (SSSR count). The fourth-order valence-electron chi connectivity index (χ4n) is 3.66. The first-order chi connectivity index (χ1) is 10.2. The smallest absolute Gasteiger partial charge is 0.111 e. The Morgan fingerprint density at radius 1 is 1.29 bits per heavy atom. The van der Waals surface area contributed by atoms with Crippen molar-refractivity contribution >= 4 is 34.2 Å². The van der Waals surface area contributed by atoms with Crippen LogP contribution in [0.1, 0.15) is 50.9 Å². The molecule has 1 aliphatic carbocycles. The SMILES string of the molecule is CC(C1CCCCC1)n1c(CCCl)nc2cc(Cl)ccc21. The molecule has 0 saturated heterocycles. The number of rotatable bonds is 4. The Morgan fingerprint density at radius 2 is 2.05 bits per heavy atom. The summed E-state index contributed by atoms with van der Waals surface area (Å²) in [6, 6.07) is 6.50. The molecule has 1 fully saturated rings. The summed E-state index contributed by atoms with van der Waals surface area (Å²) in [7, 11) is 0. The van der Waals surface area contributed by atoms with Gasteiger partial charge in [0.2, 0.25) is 0 Å². The predicted molar refractivity (Wildman–Crippen MR) is 90.5 cm³/mol. The van der Waals surface area contributed by atoms with E-state index in [0.29, 0.717) is 11.9 Å². The Morgan fingerprint density at radius 3 is 2.76 bits per heavy atom. The Bertz CT molecular complexity index is 615. The fraction of sp³-hybridized carbons (Fsp3) is 0.588. The van der Waals surface area contributed by atoms with Crippen LogP contribution < -0.4 is 0 Å². The van der Waals surface area contributed by atoms with Gasteiger partial charge in [-0.05, 0) is 43.9 Å². The average molecular weight is 325 g/mol. The van der Waals surface area contributed by atoms with Gasteiger partial charge in [-0.2, -0.15) is 0 Å². The van der Waals surface area contributed by atoms with Crippen molar-refractivity contribution in [1.29, 1.82) is 0 Å². The number of hydrogen-bond donors (Lipinski definition) is 0. The molecule has 4 heteroatoms. The van der Waals surface area contributed by atoms with Crippen LogP contribution in [-0.4, -0.2) is 15.4 Å². The molecule has 21 heavy (non-hydrogen) atoms. The third-order valence-electron chi connectivity index (χ3n) is 4.78. The summed E-state index contributed by atoms with van der Waals surface area (Å²) in [6.07, 6.45) is 7.57. The monoisotopic (exact) mass is 324 g/mol. The van der Waals surface area contributed by atoms with Crippen LogP contribution in [0, 0.1) is 5.92 Å². The molecular formula is C17H22Cl2N2. The highest BCUT2D eigenvalue weighted by Crippen LogP contribution is 2.35. The number of nitrogens with zero attached hydrogens (tertiary/aromatic N) is 2. The zero-order chi connectivity index (χ0) is 14.8. The van der Waals surface area contributed by atoms with Gasteiger partial charge < -0.3 is 4.57 Å². The number of halogens is 2. The van der Waals surface area contributed by atoms with Gasteiger partial charge in [0.25, 0.3) is 0 Å². The van der Waals surface area contributed by atoms with E-state index < -0.39 is 0 Å². The van der Waals surface area contributed by atoms with E-state index in [0.717, 1.165) is 28.7 Å². The lowest BCUT2D eigenvalue weighted by Crippen LogP contribution is -2.21. The van der Waals surface area contributed by atoms with Crippen LogP contribution in [-0.2, 0) is 6.42 Å². The van der Waals surface area contributed by atoms with E-state index in [1.54, 1.807) is 0 Å². The van der Waals surface area contributed by atoms with Crippen LogP contribution in [0.25, 0.3) is 11.0 Å². The third-order valence-corrected chi connectivity index (χ3v) is 5.21. The molecule has 1 unspecified atom stereocenters. The summed E-state index contributed by atoms with van der Waals surface area (Å²) in [4.78, 5) is 4.77. The van der Waals surface area contributed by atoms with Gasteiger partial charge in [-0.1, -0.05) is 30.9 Å². The maximum Gasteiger partial charge on any atom is 0.111 e. The third kappa shape index (κ3) is 3.07. The lowest BCUT2D eigenvalue weighted by Gasteiger charge is -2.30. The molecule has 1 atom stereocenters. The highest BCUT2D eigenvalue weighted by atomic mass is 35.5. The summed E-state index contributed by atoms with van der Waals surface area (Å²) < 4.78 is 2.41. The minimum Gasteiger partial charge on any atom is -0.325 e. The Balaban J connectivity index is 2.03. The van der Waals surface area contributed by atoms with Crippen LogP contribution in [0.4, 0.5) is 0 Å². The van der Waals surface area contributed by atoms with Gasteiger partial charge in [0.1, 0.15) is 5.82 Å². The molecule has 114 valence electrons. The maximum absolute atomic E-state index is 6.11. The normalized spacial score (nSPS) is 18.2. The number of aryl methyl sites for hydroxylation is 1. The molecule has 2 nitrogen and oxygen atoms in total. The standard InChI is InChI=1S/C17H22Cl2N2/c1-12(13-5-3-2-4-6-13)21-16-8-7-14(19)11-15(16)20-17(21)9-10-18/h7-8,11-13H,2-6,9-10H2,1H3. The van der Waals surface area contributed by atoms with Crippen molar-refractivity contribution in [2.45, 2.75) is 51.5 Å². The van der Waals surface area contributed by atoms with Crippen molar-refractivity contribution in [3.05, 3.63) is 29.0 Å². The van der Waals surface area contributed by atoms with E-state index >= 15 is 0 Å². The van der Waals surface area contributed by atoms with Crippen LogP contribution in [0.3, 0.4) is 0 Å². The zero-order valence-electron chi connectivity index (χ0n) is 12.5. The van der Waals surface area contributed by atoms with Crippen molar-refractivity contribution in [3.8, 4) is 0 Å². The highest BCUT2D eigenvalue weighted by Gasteiger charge is 2.24. The first kappa shape index (κ1) is 15.2. The van der Waals surface area contributed by atoms with Crippen molar-refractivity contribution in [3.63, 3.8) is 0 Å². The van der Waals surface area contributed by atoms with Gasteiger partial charge in [0, 0.05) is 23.4 Å². The number of fused-ring (bicyclic) bond motifs is 1. The Labute approximate surface area is 136 Å². The van der Waals surface area contributed by atoms with Crippen LogP contribution >= 0.6 is 23.2 Å². The quantitative estimate of drug-likeness (QED) is 0.668. The molecule has 0 bridgehead atoms. The second kappa shape index (κ2) is 6.58. The van der Waals surface area contributed by atoms with Crippen molar-refractivity contribution in [2.75, 3.05) is 5.88 Å². The molecule has 2 aromatic rings. The fourth-order valence-corrected chi connectivity index (χ4v) is 4.00. The van der Waals surface area contributed by atoms with Gasteiger partial charge in [-0.15, -0.1) is 11.6 Å². The minimum absolute atomic E-state index is 0.481. The zero-order valence-corrected chi connectivity index (χ0v) is 14.0. The molecule has 1 aromatic heterocycles. The van der Waals surface area contributed by atoms with Crippen molar-refractivity contribution < 1.29 is 0 Å². The Hall–Kier alpha value is -0.730. The summed E-state index contributed by atoms with van der Waals surface area (Å²) >= 11 is 12.1. The summed E-state index contributed by atoms with van der Waals surface area (Å²) in [5.74, 6) is 2.45. The van der Waals surface area contributed by atoms with Crippen molar-refractivity contribution in [1.82, 2.24) is 9.55 Å². The average Bonchev–Trinajstić information content (AvgIpc) is 2.85. The molecule has 0 amide bonds. The number of aromatic nitrogens is 2. The van der Waals surface area contributed by atoms with Crippen LogP contribution in [0.5, 0.6) is 0 Å². The number of benzene rings is 1. The van der Waals surface area contributed by atoms with Crippen LogP contribution in [0.15, 0.2) is 18.2 Å². The minimum atomic E-state index is 0.481. The second-order valence-corrected chi connectivity index (χ2v) is 6.92. The topological polar surface area (TPSA) is 17.8 Å². The first-order valence-electron chi connectivity index (χ1n) is 7.93. The summed E-state index contributed by atoms with van der Waals surface area (Å²) in [5, 5.41) is 0.745. The van der Waals surface area contributed by atoms with E-state index in [-0.39, 0.29) is 0 Å². The lowest BCUT2D eigenvalue weighted by molar-refractivity contribution is 0.264. The van der Waals surface area contributed by atoms with Gasteiger partial charge in [-0.3, -0.25) is 0 Å². The van der Waals surface area contributed by atoms with E-state index in [9.17, 15) is 0 Å². The van der Waals surface area contributed by atoms with E-state index in [1.165, 1.54) is 37.6 Å². The van der Waals surface area contributed by atoms with Crippen molar-refractivity contribution in [2.24, 2.45) is 5.92 Å². The Kier molecular flexibility index (Phi) is 4.75. The molecule has 0 N–H and O–H groups in total. The largest absolute Gasteiger partial charge is 0.325 e. The van der Waals surface area contributed by atoms with E-state index in [4.69, 9.17) is 28.2 Å². The molecular weight excluding hydrogens is 303 g/mol. The molecule has 0 aliphatic heterocycles. The van der Waals surface area contributed by atoms with Gasteiger partial charge in [0.15, 0.2) is 0 Å². The first-order valence-corrected chi connectivity index (χ1v) is 8.84. The van der Waals surface area contributed by atoms with E-state index in [1.807, 2.05) is 12.1 Å². The van der Waals surface area contributed by atoms with Gasteiger partial charge >= 0.3 is 0 Å². The molecule has 1 heterocycles. The molecule has 0 spiro atoms. The molecule has 1 saturated carbocycles. The van der Waals surface area contributed by atoms with Gasteiger partial charge in [0.05, 0.1) is 11.0 Å². The van der Waals surface area contributed by atoms with E-state index in [2.05, 4.69) is 17.6 Å². The number of hydrogen-bond acceptors (Lipinski definition) is 1. The second-order valence-electron chi connectivity index (χ2n) is 6.11. The van der Waals surface area contributed by atoms with Gasteiger partial charge in [-0.25, -0.2) is 4.98 Å². The molecule has 0 radical (unpaired) electrons. The predicted octanol–water partition coefficient (Wildman–Crippen LogP) is 5.61. The highest BCUT2D eigenvalue weighted by molar-refractivity contribution is 6.31. The maximum atomic E-state index is 6.11.